The Kier molecular flexibility index (Phi) is 5.37. The Morgan fingerprint density at radius 3 is 2.39 bits per heavy atom. The molecule has 8 nitrogen and oxygen atoms in total. The minimum atomic E-state index is -0.0845. The largest absolute Gasteiger partial charge is 0.350 e. The summed E-state index contributed by atoms with van der Waals surface area (Å²) in [7, 11) is 0. The molecule has 0 spiro atoms. The van der Waals surface area contributed by atoms with Gasteiger partial charge >= 0.3 is 0 Å². The molecule has 3 aromatic rings. The van der Waals surface area contributed by atoms with Crippen molar-refractivity contribution in [2.45, 2.75) is 6.54 Å². The second-order valence-corrected chi connectivity index (χ2v) is 6.43. The van der Waals surface area contributed by atoms with Gasteiger partial charge in [-0.1, -0.05) is 30.3 Å². The van der Waals surface area contributed by atoms with Crippen LogP contribution in [0, 0.1) is 0 Å². The first-order valence-corrected chi connectivity index (χ1v) is 9.22. The van der Waals surface area contributed by atoms with Gasteiger partial charge in [-0.2, -0.15) is 0 Å². The number of carbonyl (C=O) groups is 1. The zero-order valence-electron chi connectivity index (χ0n) is 15.4. The lowest BCUT2D eigenvalue weighted by Crippen LogP contribution is -2.49. The van der Waals surface area contributed by atoms with Crippen LogP contribution in [-0.4, -0.2) is 56.9 Å². The number of nitrogens with one attached hydrogen (secondary N) is 1. The number of rotatable bonds is 5. The molecular formula is C20H21N7O. The Morgan fingerprint density at radius 2 is 1.64 bits per heavy atom. The first-order chi connectivity index (χ1) is 13.8. The molecule has 0 atom stereocenters. The highest BCUT2D eigenvalue weighted by Gasteiger charge is 2.24. The molecule has 1 N–H and O–H groups in total. The number of nitrogens with zero attached hydrogens (tertiary/aromatic N) is 6. The standard InChI is InChI=1S/C20H21N7O/c28-18(26-11-13-27(14-12-26)20-22-8-4-9-23-20)17-7-10-21-19(25-17)24-15-16-5-2-1-3-6-16/h1-10H,11-15H2,(H,21,24,25). The molecule has 0 unspecified atom stereocenters. The van der Waals surface area contributed by atoms with Crippen molar-refractivity contribution in [1.29, 1.82) is 0 Å². The monoisotopic (exact) mass is 375 g/mol. The van der Waals surface area contributed by atoms with Crippen LogP contribution in [0.2, 0.25) is 0 Å². The maximum atomic E-state index is 12.8. The molecule has 8 heteroatoms. The number of carbonyl (C=O) groups excluding carboxylic acids is 1. The fourth-order valence-electron chi connectivity index (χ4n) is 3.07. The van der Waals surface area contributed by atoms with Crippen LogP contribution in [0.15, 0.2) is 61.1 Å². The van der Waals surface area contributed by atoms with Crippen LogP contribution in [0.4, 0.5) is 11.9 Å². The molecular weight excluding hydrogens is 354 g/mol. The molecule has 28 heavy (non-hydrogen) atoms. The van der Waals surface area contributed by atoms with Gasteiger partial charge in [0.05, 0.1) is 0 Å². The summed E-state index contributed by atoms with van der Waals surface area (Å²) in [4.78, 5) is 33.9. The highest BCUT2D eigenvalue weighted by molar-refractivity contribution is 5.92. The summed E-state index contributed by atoms with van der Waals surface area (Å²) >= 11 is 0. The van der Waals surface area contributed by atoms with E-state index < -0.39 is 0 Å². The van der Waals surface area contributed by atoms with Crippen LogP contribution in [-0.2, 0) is 6.54 Å². The van der Waals surface area contributed by atoms with E-state index in [0.29, 0.717) is 50.3 Å². The third-order valence-electron chi connectivity index (χ3n) is 4.57. The molecule has 0 saturated carbocycles. The number of hydrogen-bond acceptors (Lipinski definition) is 7. The molecule has 1 aromatic carbocycles. The normalized spacial score (nSPS) is 14.0. The fraction of sp³-hybridized carbons (Fsp3) is 0.250. The zero-order valence-corrected chi connectivity index (χ0v) is 15.4. The number of anilines is 2. The maximum absolute atomic E-state index is 12.8. The lowest BCUT2D eigenvalue weighted by molar-refractivity contribution is 0.0740. The molecule has 1 amide bonds. The summed E-state index contributed by atoms with van der Waals surface area (Å²) in [6, 6.07) is 13.4. The van der Waals surface area contributed by atoms with Gasteiger partial charge in [-0.25, -0.2) is 19.9 Å². The first kappa shape index (κ1) is 17.8. The number of aromatic nitrogens is 4. The number of hydrogen-bond donors (Lipinski definition) is 1. The van der Waals surface area contributed by atoms with Crippen molar-refractivity contribution in [3.8, 4) is 0 Å². The van der Waals surface area contributed by atoms with Crippen molar-refractivity contribution >= 4 is 17.8 Å². The van der Waals surface area contributed by atoms with Gasteiger partial charge in [0.1, 0.15) is 5.69 Å². The molecule has 1 aliphatic rings. The maximum Gasteiger partial charge on any atom is 0.272 e. The van der Waals surface area contributed by atoms with Gasteiger partial charge < -0.3 is 15.1 Å². The van der Waals surface area contributed by atoms with Crippen LogP contribution < -0.4 is 10.2 Å². The van der Waals surface area contributed by atoms with Gasteiger partial charge in [-0.05, 0) is 17.7 Å². The Hall–Kier alpha value is -3.55. The Labute approximate surface area is 163 Å². The molecule has 1 fully saturated rings. The summed E-state index contributed by atoms with van der Waals surface area (Å²) in [5.74, 6) is 1.06. The molecule has 1 saturated heterocycles. The third kappa shape index (κ3) is 4.22. The molecule has 2 aromatic heterocycles. The molecule has 142 valence electrons. The second-order valence-electron chi connectivity index (χ2n) is 6.43. The lowest BCUT2D eigenvalue weighted by atomic mass is 10.2. The van der Waals surface area contributed by atoms with E-state index in [9.17, 15) is 4.79 Å². The van der Waals surface area contributed by atoms with Crippen LogP contribution >= 0.6 is 0 Å². The van der Waals surface area contributed by atoms with E-state index in [1.165, 1.54) is 0 Å². The summed E-state index contributed by atoms with van der Waals surface area (Å²) in [6.07, 6.45) is 5.07. The molecule has 3 heterocycles. The van der Waals surface area contributed by atoms with Crippen LogP contribution in [0.1, 0.15) is 16.1 Å². The summed E-state index contributed by atoms with van der Waals surface area (Å²) in [5.41, 5.74) is 1.53. The predicted octanol–water partition coefficient (Wildman–Crippen LogP) is 1.84. The van der Waals surface area contributed by atoms with Crippen LogP contribution in [0.5, 0.6) is 0 Å². The first-order valence-electron chi connectivity index (χ1n) is 9.22. The van der Waals surface area contributed by atoms with Crippen molar-refractivity contribution in [3.63, 3.8) is 0 Å². The molecule has 0 aliphatic carbocycles. The number of piperazine rings is 1. The van der Waals surface area contributed by atoms with Gasteiger partial charge in [0.2, 0.25) is 11.9 Å². The molecule has 0 bridgehead atoms. The Morgan fingerprint density at radius 1 is 0.893 bits per heavy atom. The quantitative estimate of drug-likeness (QED) is 0.728. The third-order valence-corrected chi connectivity index (χ3v) is 4.57. The van der Waals surface area contributed by atoms with Crippen molar-refractivity contribution in [2.75, 3.05) is 36.4 Å². The molecule has 4 rings (SSSR count). The summed E-state index contributed by atoms with van der Waals surface area (Å²) in [5, 5.41) is 3.17. The van der Waals surface area contributed by atoms with Crippen molar-refractivity contribution < 1.29 is 4.79 Å². The van der Waals surface area contributed by atoms with E-state index in [0.717, 1.165) is 5.56 Å². The average molecular weight is 375 g/mol. The second kappa shape index (κ2) is 8.43. The average Bonchev–Trinajstić information content (AvgIpc) is 2.79. The smallest absolute Gasteiger partial charge is 0.272 e. The fourth-order valence-corrected chi connectivity index (χ4v) is 3.07. The van der Waals surface area contributed by atoms with E-state index in [4.69, 9.17) is 0 Å². The minimum absolute atomic E-state index is 0.0845. The highest BCUT2D eigenvalue weighted by atomic mass is 16.2. The number of amides is 1. The lowest BCUT2D eigenvalue weighted by Gasteiger charge is -2.34. The predicted molar refractivity (Wildman–Crippen MR) is 106 cm³/mol. The van der Waals surface area contributed by atoms with Crippen molar-refractivity contribution in [1.82, 2.24) is 24.8 Å². The van der Waals surface area contributed by atoms with E-state index >= 15 is 0 Å². The summed E-state index contributed by atoms with van der Waals surface area (Å²) < 4.78 is 0. The Bertz CT molecular complexity index is 912. The van der Waals surface area contributed by atoms with E-state index in [2.05, 4.69) is 30.2 Å². The van der Waals surface area contributed by atoms with E-state index in [-0.39, 0.29) is 5.91 Å². The van der Waals surface area contributed by atoms with E-state index in [1.807, 2.05) is 35.2 Å². The Balaban J connectivity index is 1.36. The molecule has 1 aliphatic heterocycles. The molecule has 0 radical (unpaired) electrons. The zero-order chi connectivity index (χ0) is 19.2. The highest BCUT2D eigenvalue weighted by Crippen LogP contribution is 2.12. The van der Waals surface area contributed by atoms with Gasteiger partial charge in [0.15, 0.2) is 0 Å². The summed E-state index contributed by atoms with van der Waals surface area (Å²) in [6.45, 7) is 3.20. The van der Waals surface area contributed by atoms with Crippen LogP contribution in [0.3, 0.4) is 0 Å². The van der Waals surface area contributed by atoms with Crippen LogP contribution in [0.25, 0.3) is 0 Å². The number of benzene rings is 1. The van der Waals surface area contributed by atoms with Gasteiger partial charge in [0, 0.05) is 51.3 Å². The topological polar surface area (TPSA) is 87.1 Å². The minimum Gasteiger partial charge on any atom is -0.350 e. The van der Waals surface area contributed by atoms with E-state index in [1.54, 1.807) is 30.7 Å². The van der Waals surface area contributed by atoms with Crippen molar-refractivity contribution in [3.05, 3.63) is 72.3 Å². The van der Waals surface area contributed by atoms with Crippen molar-refractivity contribution in [2.24, 2.45) is 0 Å². The van der Waals surface area contributed by atoms with Gasteiger partial charge in [0.25, 0.3) is 5.91 Å². The van der Waals surface area contributed by atoms with Gasteiger partial charge in [-0.3, -0.25) is 4.79 Å². The SMILES string of the molecule is O=C(c1ccnc(NCc2ccccc2)n1)N1CCN(c2ncccn2)CC1. The van der Waals surface area contributed by atoms with Gasteiger partial charge in [-0.15, -0.1) is 0 Å².